The van der Waals surface area contributed by atoms with E-state index >= 15 is 0 Å². The maximum atomic E-state index is 12.9. The molecule has 1 saturated heterocycles. The summed E-state index contributed by atoms with van der Waals surface area (Å²) in [4.78, 5) is 26.2. The number of hydrogen-bond donors (Lipinski definition) is 1. The number of nitrogens with zero attached hydrogens (tertiary/aromatic N) is 1. The van der Waals surface area contributed by atoms with Crippen LogP contribution >= 0.6 is 0 Å². The van der Waals surface area contributed by atoms with Crippen molar-refractivity contribution in [3.8, 4) is 11.5 Å². The Morgan fingerprint density at radius 3 is 2.17 bits per heavy atom. The van der Waals surface area contributed by atoms with Crippen LogP contribution in [0.1, 0.15) is 30.6 Å². The van der Waals surface area contributed by atoms with Gasteiger partial charge in [-0.2, -0.15) is 0 Å². The van der Waals surface area contributed by atoms with E-state index in [1.54, 1.807) is 23.1 Å². The van der Waals surface area contributed by atoms with Crippen LogP contribution in [0.25, 0.3) is 0 Å². The zero-order valence-corrected chi connectivity index (χ0v) is 14.0. The van der Waals surface area contributed by atoms with Gasteiger partial charge in [0, 0.05) is 13.1 Å². The summed E-state index contributed by atoms with van der Waals surface area (Å²) in [5.74, 6) is -0.325. The van der Waals surface area contributed by atoms with E-state index in [4.69, 9.17) is 9.47 Å². The predicted molar refractivity (Wildman–Crippen MR) is 85.0 cm³/mol. The molecule has 0 aliphatic carbocycles. The molecular weight excluding hydrogens is 298 g/mol. The average Bonchev–Trinajstić information content (AvgIpc) is 3.00. The first-order chi connectivity index (χ1) is 10.9. The summed E-state index contributed by atoms with van der Waals surface area (Å²) in [7, 11) is 2.98. The van der Waals surface area contributed by atoms with Crippen LogP contribution in [0.5, 0.6) is 11.5 Å². The lowest BCUT2D eigenvalue weighted by atomic mass is 9.76. The second-order valence-electron chi connectivity index (χ2n) is 6.13. The fourth-order valence-electron chi connectivity index (χ4n) is 3.12. The van der Waals surface area contributed by atoms with Gasteiger partial charge >= 0.3 is 5.97 Å². The Bertz CT molecular complexity index is 591. The zero-order chi connectivity index (χ0) is 17.2. The van der Waals surface area contributed by atoms with Crippen LogP contribution in [0.15, 0.2) is 18.2 Å². The first-order valence-corrected chi connectivity index (χ1v) is 7.61. The molecule has 0 saturated carbocycles. The average molecular weight is 321 g/mol. The second kappa shape index (κ2) is 6.48. The van der Waals surface area contributed by atoms with E-state index < -0.39 is 11.4 Å². The lowest BCUT2D eigenvalue weighted by molar-refractivity contribution is -0.150. The number of likely N-dealkylation sites (tertiary alicyclic amines) is 1. The van der Waals surface area contributed by atoms with E-state index in [0.29, 0.717) is 30.0 Å². The van der Waals surface area contributed by atoms with E-state index in [-0.39, 0.29) is 18.4 Å². The lowest BCUT2D eigenvalue weighted by Gasteiger charge is -2.29. The summed E-state index contributed by atoms with van der Waals surface area (Å²) < 4.78 is 10.5. The molecule has 1 fully saturated rings. The van der Waals surface area contributed by atoms with Crippen molar-refractivity contribution in [2.45, 2.75) is 20.3 Å². The van der Waals surface area contributed by atoms with E-state index in [9.17, 15) is 14.7 Å². The summed E-state index contributed by atoms with van der Waals surface area (Å²) in [5, 5.41) is 9.62. The Labute approximate surface area is 136 Å². The van der Waals surface area contributed by atoms with Gasteiger partial charge in [-0.15, -0.1) is 0 Å². The minimum Gasteiger partial charge on any atom is -0.496 e. The highest BCUT2D eigenvalue weighted by Crippen LogP contribution is 2.40. The Kier molecular flexibility index (Phi) is 4.82. The normalized spacial score (nSPS) is 20.7. The van der Waals surface area contributed by atoms with Crippen molar-refractivity contribution >= 4 is 11.9 Å². The standard InChI is InChI=1S/C17H23NO5/c1-11(2)17(16(20)21)8-9-18(10-17)15(19)14-12(22-3)6-5-7-13(14)23-4/h5-7,11H,8-10H2,1-4H3,(H,20,21). The van der Waals surface area contributed by atoms with Gasteiger partial charge in [-0.1, -0.05) is 19.9 Å². The fraction of sp³-hybridized carbons (Fsp3) is 0.529. The molecule has 6 nitrogen and oxygen atoms in total. The van der Waals surface area contributed by atoms with Gasteiger partial charge in [-0.3, -0.25) is 9.59 Å². The number of carboxylic acids is 1. The number of benzene rings is 1. The van der Waals surface area contributed by atoms with Gasteiger partial charge < -0.3 is 19.5 Å². The molecule has 1 unspecified atom stereocenters. The topological polar surface area (TPSA) is 76.1 Å². The minimum atomic E-state index is -0.898. The van der Waals surface area contributed by atoms with E-state index in [0.717, 1.165) is 0 Å². The lowest BCUT2D eigenvalue weighted by Crippen LogP contribution is -2.40. The number of carbonyl (C=O) groups excluding carboxylic acids is 1. The summed E-state index contributed by atoms with van der Waals surface area (Å²) in [6.07, 6.45) is 0.448. The summed E-state index contributed by atoms with van der Waals surface area (Å²) in [5.41, 5.74) is -0.562. The number of amides is 1. The molecule has 1 aliphatic rings. The van der Waals surface area contributed by atoms with Crippen LogP contribution in [0, 0.1) is 11.3 Å². The van der Waals surface area contributed by atoms with Crippen LogP contribution in [0.2, 0.25) is 0 Å². The monoisotopic (exact) mass is 321 g/mol. The maximum Gasteiger partial charge on any atom is 0.311 e. The first kappa shape index (κ1) is 17.1. The minimum absolute atomic E-state index is 0.0580. The van der Waals surface area contributed by atoms with Gasteiger partial charge in [-0.05, 0) is 24.5 Å². The van der Waals surface area contributed by atoms with Crippen molar-refractivity contribution in [3.05, 3.63) is 23.8 Å². The van der Waals surface area contributed by atoms with Crippen molar-refractivity contribution in [1.82, 2.24) is 4.90 Å². The van der Waals surface area contributed by atoms with Crippen molar-refractivity contribution in [1.29, 1.82) is 0 Å². The molecular formula is C17H23NO5. The van der Waals surface area contributed by atoms with Crippen LogP contribution < -0.4 is 9.47 Å². The summed E-state index contributed by atoms with van der Waals surface area (Å²) >= 11 is 0. The molecule has 2 rings (SSSR count). The number of carboxylic acid groups (broad SMARTS) is 1. The van der Waals surface area contributed by atoms with E-state index in [2.05, 4.69) is 0 Å². The fourth-order valence-corrected chi connectivity index (χ4v) is 3.12. The van der Waals surface area contributed by atoms with Crippen LogP contribution in [0.4, 0.5) is 0 Å². The number of carbonyl (C=O) groups is 2. The third-order valence-corrected chi connectivity index (χ3v) is 4.76. The Hall–Kier alpha value is -2.24. The predicted octanol–water partition coefficient (Wildman–Crippen LogP) is 2.28. The first-order valence-electron chi connectivity index (χ1n) is 7.61. The molecule has 1 aromatic rings. The number of methoxy groups -OCH3 is 2. The van der Waals surface area contributed by atoms with E-state index in [1.165, 1.54) is 14.2 Å². The van der Waals surface area contributed by atoms with Crippen molar-refractivity contribution < 1.29 is 24.2 Å². The van der Waals surface area contributed by atoms with Crippen LogP contribution in [-0.4, -0.2) is 49.2 Å². The van der Waals surface area contributed by atoms with Crippen LogP contribution in [0.3, 0.4) is 0 Å². The number of rotatable bonds is 5. The van der Waals surface area contributed by atoms with E-state index in [1.807, 2.05) is 13.8 Å². The third-order valence-electron chi connectivity index (χ3n) is 4.76. The SMILES string of the molecule is COc1cccc(OC)c1C(=O)N1CCC(C(=O)O)(C(C)C)C1. The van der Waals surface area contributed by atoms with Gasteiger partial charge in [0.25, 0.3) is 5.91 Å². The molecule has 1 atom stereocenters. The molecule has 0 bridgehead atoms. The highest BCUT2D eigenvalue weighted by atomic mass is 16.5. The number of aliphatic carboxylic acids is 1. The molecule has 1 aliphatic heterocycles. The molecule has 126 valence electrons. The molecule has 0 spiro atoms. The van der Waals surface area contributed by atoms with Gasteiger partial charge in [0.05, 0.1) is 19.6 Å². The Morgan fingerprint density at radius 1 is 1.22 bits per heavy atom. The molecule has 1 amide bonds. The molecule has 23 heavy (non-hydrogen) atoms. The highest BCUT2D eigenvalue weighted by molar-refractivity contribution is 6.00. The molecule has 0 aromatic heterocycles. The van der Waals surface area contributed by atoms with Gasteiger partial charge in [0.15, 0.2) is 0 Å². The zero-order valence-electron chi connectivity index (χ0n) is 14.0. The second-order valence-corrected chi connectivity index (χ2v) is 6.13. The molecule has 1 heterocycles. The van der Waals surface area contributed by atoms with Crippen LogP contribution in [-0.2, 0) is 4.79 Å². The maximum absolute atomic E-state index is 12.9. The number of ether oxygens (including phenoxy) is 2. The summed E-state index contributed by atoms with van der Waals surface area (Å²) in [6, 6.07) is 5.13. The van der Waals surface area contributed by atoms with Crippen molar-refractivity contribution in [2.24, 2.45) is 11.3 Å². The smallest absolute Gasteiger partial charge is 0.311 e. The molecule has 1 N–H and O–H groups in total. The molecule has 1 aromatic carbocycles. The quantitative estimate of drug-likeness (QED) is 0.900. The van der Waals surface area contributed by atoms with Crippen molar-refractivity contribution in [2.75, 3.05) is 27.3 Å². The van der Waals surface area contributed by atoms with Gasteiger partial charge in [0.2, 0.25) is 0 Å². The highest BCUT2D eigenvalue weighted by Gasteiger charge is 2.49. The Morgan fingerprint density at radius 2 is 1.78 bits per heavy atom. The molecule has 0 radical (unpaired) electrons. The molecule has 6 heteroatoms. The number of hydrogen-bond acceptors (Lipinski definition) is 4. The van der Waals surface area contributed by atoms with Gasteiger partial charge in [-0.25, -0.2) is 0 Å². The third kappa shape index (κ3) is 2.85. The van der Waals surface area contributed by atoms with Crippen molar-refractivity contribution in [3.63, 3.8) is 0 Å². The largest absolute Gasteiger partial charge is 0.496 e. The Balaban J connectivity index is 2.35. The summed E-state index contributed by atoms with van der Waals surface area (Å²) in [6.45, 7) is 4.36. The van der Waals surface area contributed by atoms with Gasteiger partial charge in [0.1, 0.15) is 17.1 Å².